The van der Waals surface area contributed by atoms with E-state index in [1.807, 2.05) is 30.3 Å². The van der Waals surface area contributed by atoms with E-state index in [4.69, 9.17) is 11.6 Å². The van der Waals surface area contributed by atoms with Crippen LogP contribution in [0.5, 0.6) is 0 Å². The van der Waals surface area contributed by atoms with Crippen molar-refractivity contribution in [3.63, 3.8) is 0 Å². The predicted molar refractivity (Wildman–Crippen MR) is 121 cm³/mol. The number of aryl methyl sites for hydroxylation is 2. The van der Waals surface area contributed by atoms with Gasteiger partial charge in [0.1, 0.15) is 0 Å². The third-order valence-corrected chi connectivity index (χ3v) is 6.98. The van der Waals surface area contributed by atoms with Crippen LogP contribution in [0.15, 0.2) is 65.8 Å². The molecular formula is C24H23ClN2OS. The molecule has 4 rings (SSSR count). The first kappa shape index (κ1) is 19.9. The Morgan fingerprint density at radius 3 is 2.28 bits per heavy atom. The monoisotopic (exact) mass is 422 g/mol. The molecule has 5 heteroatoms. The predicted octanol–water partition coefficient (Wildman–Crippen LogP) is 5.97. The van der Waals surface area contributed by atoms with Gasteiger partial charge in [0.05, 0.1) is 22.1 Å². The number of halogens is 1. The summed E-state index contributed by atoms with van der Waals surface area (Å²) in [6, 6.07) is 18.1. The van der Waals surface area contributed by atoms with Gasteiger partial charge in [0.25, 0.3) is 0 Å². The van der Waals surface area contributed by atoms with E-state index in [9.17, 15) is 4.21 Å². The SMILES string of the molecule is Cc1ccc(Cn2c(C)c(C)c3ccnc(S(=O)Cc4ccc(Cl)cc4)c32)cc1. The zero-order valence-electron chi connectivity index (χ0n) is 16.8. The Balaban J connectivity index is 1.78. The minimum atomic E-state index is -1.26. The van der Waals surface area contributed by atoms with Crippen molar-refractivity contribution in [1.29, 1.82) is 0 Å². The summed E-state index contributed by atoms with van der Waals surface area (Å²) in [7, 11) is -1.26. The minimum absolute atomic E-state index is 0.414. The average Bonchev–Trinajstić information content (AvgIpc) is 2.96. The van der Waals surface area contributed by atoms with E-state index < -0.39 is 10.8 Å². The molecule has 0 aliphatic rings. The van der Waals surface area contributed by atoms with Crippen molar-refractivity contribution >= 4 is 33.3 Å². The molecule has 2 aromatic carbocycles. The summed E-state index contributed by atoms with van der Waals surface area (Å²) in [5.74, 6) is 0.414. The van der Waals surface area contributed by atoms with E-state index in [1.54, 1.807) is 6.20 Å². The highest BCUT2D eigenvalue weighted by molar-refractivity contribution is 7.84. The molecule has 2 aromatic heterocycles. The van der Waals surface area contributed by atoms with Gasteiger partial charge in [-0.15, -0.1) is 0 Å². The summed E-state index contributed by atoms with van der Waals surface area (Å²) < 4.78 is 15.5. The number of aromatic nitrogens is 2. The van der Waals surface area contributed by atoms with E-state index >= 15 is 0 Å². The lowest BCUT2D eigenvalue weighted by molar-refractivity contribution is 0.679. The van der Waals surface area contributed by atoms with E-state index in [0.717, 1.165) is 23.0 Å². The van der Waals surface area contributed by atoms with Crippen LogP contribution in [0.25, 0.3) is 10.9 Å². The number of rotatable bonds is 5. The maximum Gasteiger partial charge on any atom is 0.151 e. The van der Waals surface area contributed by atoms with Crippen LogP contribution in [0.2, 0.25) is 5.02 Å². The first-order chi connectivity index (χ1) is 13.9. The van der Waals surface area contributed by atoms with E-state index in [-0.39, 0.29) is 0 Å². The standard InChI is InChI=1S/C24H23ClN2OS/c1-16-4-6-19(7-5-16)14-27-18(3)17(2)22-12-13-26-24(23(22)27)29(28)15-20-8-10-21(25)11-9-20/h4-13H,14-15H2,1-3H3. The average molecular weight is 423 g/mol. The lowest BCUT2D eigenvalue weighted by atomic mass is 10.1. The fourth-order valence-electron chi connectivity index (χ4n) is 3.60. The molecule has 0 amide bonds. The number of fused-ring (bicyclic) bond motifs is 1. The van der Waals surface area contributed by atoms with Crippen molar-refractivity contribution in [1.82, 2.24) is 9.55 Å². The van der Waals surface area contributed by atoms with E-state index in [0.29, 0.717) is 15.8 Å². The molecule has 3 nitrogen and oxygen atoms in total. The zero-order chi connectivity index (χ0) is 20.5. The highest BCUT2D eigenvalue weighted by Gasteiger charge is 2.19. The third-order valence-electron chi connectivity index (χ3n) is 5.40. The molecule has 0 bridgehead atoms. The van der Waals surface area contributed by atoms with Crippen LogP contribution in [0, 0.1) is 20.8 Å². The van der Waals surface area contributed by atoms with Gasteiger partial charge in [0, 0.05) is 28.8 Å². The molecule has 148 valence electrons. The Kier molecular flexibility index (Phi) is 5.57. The maximum absolute atomic E-state index is 13.3. The first-order valence-corrected chi connectivity index (χ1v) is 11.3. The van der Waals surface area contributed by atoms with Crippen LogP contribution in [0.4, 0.5) is 0 Å². The fraction of sp³-hybridized carbons (Fsp3) is 0.208. The summed E-state index contributed by atoms with van der Waals surface area (Å²) in [4.78, 5) is 4.54. The second kappa shape index (κ2) is 8.13. The lowest BCUT2D eigenvalue weighted by Gasteiger charge is -2.12. The van der Waals surface area contributed by atoms with Crippen molar-refractivity contribution < 1.29 is 4.21 Å². The van der Waals surface area contributed by atoms with Gasteiger partial charge in [0.15, 0.2) is 5.03 Å². The van der Waals surface area contributed by atoms with Gasteiger partial charge in [0.2, 0.25) is 0 Å². The topological polar surface area (TPSA) is 34.9 Å². The molecular weight excluding hydrogens is 400 g/mol. The van der Waals surface area contributed by atoms with Gasteiger partial charge in [-0.1, -0.05) is 53.6 Å². The molecule has 0 spiro atoms. The van der Waals surface area contributed by atoms with Gasteiger partial charge in [-0.25, -0.2) is 4.98 Å². The molecule has 0 aliphatic heterocycles. The molecule has 2 heterocycles. The van der Waals surface area contributed by atoms with Crippen molar-refractivity contribution in [2.45, 2.75) is 38.1 Å². The van der Waals surface area contributed by atoms with Crippen molar-refractivity contribution in [2.24, 2.45) is 0 Å². The lowest BCUT2D eigenvalue weighted by Crippen LogP contribution is -2.07. The molecule has 0 N–H and O–H groups in total. The van der Waals surface area contributed by atoms with Crippen LogP contribution in [-0.2, 0) is 23.1 Å². The zero-order valence-corrected chi connectivity index (χ0v) is 18.3. The Bertz CT molecular complexity index is 1190. The summed E-state index contributed by atoms with van der Waals surface area (Å²) in [6.45, 7) is 7.06. The molecule has 0 saturated heterocycles. The van der Waals surface area contributed by atoms with Gasteiger partial charge >= 0.3 is 0 Å². The number of benzene rings is 2. The van der Waals surface area contributed by atoms with Crippen LogP contribution in [0.1, 0.15) is 27.9 Å². The van der Waals surface area contributed by atoms with Gasteiger partial charge in [-0.05, 0) is 55.7 Å². The van der Waals surface area contributed by atoms with Crippen molar-refractivity contribution in [3.05, 3.63) is 93.8 Å². The van der Waals surface area contributed by atoms with Gasteiger partial charge in [-0.3, -0.25) is 4.21 Å². The second-order valence-electron chi connectivity index (χ2n) is 7.41. The summed E-state index contributed by atoms with van der Waals surface area (Å²) >= 11 is 5.98. The molecule has 0 fully saturated rings. The minimum Gasteiger partial charge on any atom is -0.338 e. The molecule has 29 heavy (non-hydrogen) atoms. The molecule has 0 saturated carbocycles. The Morgan fingerprint density at radius 2 is 1.59 bits per heavy atom. The largest absolute Gasteiger partial charge is 0.338 e. The summed E-state index contributed by atoms with van der Waals surface area (Å²) in [6.07, 6.45) is 1.76. The first-order valence-electron chi connectivity index (χ1n) is 9.57. The van der Waals surface area contributed by atoms with Crippen LogP contribution in [-0.4, -0.2) is 13.8 Å². The number of hydrogen-bond acceptors (Lipinski definition) is 2. The number of nitrogens with zero attached hydrogens (tertiary/aromatic N) is 2. The molecule has 0 radical (unpaired) electrons. The fourth-order valence-corrected chi connectivity index (χ4v) is 4.98. The summed E-state index contributed by atoms with van der Waals surface area (Å²) in [5.41, 5.74) is 6.80. The third kappa shape index (κ3) is 4.00. The molecule has 1 atom stereocenters. The summed E-state index contributed by atoms with van der Waals surface area (Å²) in [5, 5.41) is 2.43. The Morgan fingerprint density at radius 1 is 0.931 bits per heavy atom. The normalized spacial score (nSPS) is 12.4. The van der Waals surface area contributed by atoms with Crippen molar-refractivity contribution in [3.8, 4) is 0 Å². The number of pyridine rings is 1. The molecule has 0 aliphatic carbocycles. The Labute approximate surface area is 178 Å². The van der Waals surface area contributed by atoms with Crippen LogP contribution < -0.4 is 0 Å². The smallest absolute Gasteiger partial charge is 0.151 e. The number of hydrogen-bond donors (Lipinski definition) is 0. The Hall–Kier alpha value is -2.43. The molecule has 1 unspecified atom stereocenters. The highest BCUT2D eigenvalue weighted by Crippen LogP contribution is 2.30. The van der Waals surface area contributed by atoms with Gasteiger partial charge in [-0.2, -0.15) is 0 Å². The van der Waals surface area contributed by atoms with Crippen LogP contribution >= 0.6 is 11.6 Å². The highest BCUT2D eigenvalue weighted by atomic mass is 35.5. The van der Waals surface area contributed by atoms with E-state index in [2.05, 4.69) is 54.6 Å². The van der Waals surface area contributed by atoms with Crippen molar-refractivity contribution in [2.75, 3.05) is 0 Å². The second-order valence-corrected chi connectivity index (χ2v) is 9.21. The maximum atomic E-state index is 13.3. The molecule has 4 aromatic rings. The van der Waals surface area contributed by atoms with Crippen LogP contribution in [0.3, 0.4) is 0 Å². The van der Waals surface area contributed by atoms with E-state index in [1.165, 1.54) is 22.4 Å². The van der Waals surface area contributed by atoms with Gasteiger partial charge < -0.3 is 4.57 Å². The quantitative estimate of drug-likeness (QED) is 0.397.